The molecule has 1 N–H and O–H groups in total. The third kappa shape index (κ3) is 3.78. The van der Waals surface area contributed by atoms with E-state index < -0.39 is 0 Å². The summed E-state index contributed by atoms with van der Waals surface area (Å²) in [5.74, 6) is 0.370. The third-order valence-corrected chi connectivity index (χ3v) is 4.22. The Kier molecular flexibility index (Phi) is 4.21. The van der Waals surface area contributed by atoms with E-state index in [-0.39, 0.29) is 5.82 Å². The predicted octanol–water partition coefficient (Wildman–Crippen LogP) is 3.91. The van der Waals surface area contributed by atoms with Gasteiger partial charge in [0, 0.05) is 16.6 Å². The lowest BCUT2D eigenvalue weighted by Crippen LogP contribution is -2.34. The molecule has 2 rings (SSSR count). The molecule has 1 nitrogen and oxygen atoms in total. The van der Waals surface area contributed by atoms with E-state index >= 15 is 0 Å². The highest BCUT2D eigenvalue weighted by molar-refractivity contribution is 9.10. The van der Waals surface area contributed by atoms with Crippen LogP contribution in [0.1, 0.15) is 32.3 Å². The van der Waals surface area contributed by atoms with Gasteiger partial charge in [-0.25, -0.2) is 4.39 Å². The van der Waals surface area contributed by atoms with Gasteiger partial charge in [-0.1, -0.05) is 28.9 Å². The lowest BCUT2D eigenvalue weighted by molar-refractivity contribution is 0.395. The van der Waals surface area contributed by atoms with E-state index in [1.165, 1.54) is 24.5 Å². The minimum Gasteiger partial charge on any atom is -0.311 e. The quantitative estimate of drug-likeness (QED) is 0.869. The van der Waals surface area contributed by atoms with Crippen molar-refractivity contribution in [3.05, 3.63) is 34.1 Å². The molecule has 0 bridgehead atoms. The topological polar surface area (TPSA) is 12.0 Å². The first-order valence-electron chi connectivity index (χ1n) is 6.26. The molecule has 2 atom stereocenters. The van der Waals surface area contributed by atoms with Crippen LogP contribution in [0, 0.1) is 11.7 Å². The van der Waals surface area contributed by atoms with E-state index in [0.717, 1.165) is 16.9 Å². The first kappa shape index (κ1) is 13.0. The van der Waals surface area contributed by atoms with E-state index in [2.05, 4.69) is 35.1 Å². The van der Waals surface area contributed by atoms with Gasteiger partial charge in [-0.05, 0) is 49.8 Å². The molecule has 94 valence electrons. The zero-order chi connectivity index (χ0) is 12.4. The molecular formula is C14H19BrFN. The number of rotatable bonds is 5. The second kappa shape index (κ2) is 5.49. The van der Waals surface area contributed by atoms with Gasteiger partial charge >= 0.3 is 0 Å². The molecule has 0 aromatic heterocycles. The van der Waals surface area contributed by atoms with Gasteiger partial charge in [0.05, 0.1) is 0 Å². The maximum atomic E-state index is 13.0. The maximum Gasteiger partial charge on any atom is 0.124 e. The fourth-order valence-corrected chi connectivity index (χ4v) is 2.51. The molecule has 1 saturated carbocycles. The monoisotopic (exact) mass is 299 g/mol. The maximum absolute atomic E-state index is 13.0. The molecule has 0 saturated heterocycles. The van der Waals surface area contributed by atoms with Crippen molar-refractivity contribution in [2.24, 2.45) is 5.92 Å². The van der Waals surface area contributed by atoms with Crippen LogP contribution < -0.4 is 5.32 Å². The summed E-state index contributed by atoms with van der Waals surface area (Å²) in [6, 6.07) is 6.20. The molecule has 0 aliphatic heterocycles. The largest absolute Gasteiger partial charge is 0.311 e. The summed E-state index contributed by atoms with van der Waals surface area (Å²) in [6.45, 7) is 4.48. The van der Waals surface area contributed by atoms with Crippen LogP contribution in [0.25, 0.3) is 0 Å². The van der Waals surface area contributed by atoms with Gasteiger partial charge in [0.25, 0.3) is 0 Å². The van der Waals surface area contributed by atoms with Crippen molar-refractivity contribution >= 4 is 15.9 Å². The highest BCUT2D eigenvalue weighted by Gasteiger charge is 2.25. The molecule has 0 amide bonds. The minimum atomic E-state index is -0.183. The van der Waals surface area contributed by atoms with E-state index in [0.29, 0.717) is 12.0 Å². The Labute approximate surface area is 111 Å². The third-order valence-electron chi connectivity index (χ3n) is 3.49. The Bertz CT molecular complexity index is 390. The molecule has 0 radical (unpaired) electrons. The summed E-state index contributed by atoms with van der Waals surface area (Å²) in [5.41, 5.74) is 1.18. The number of hydrogen-bond donors (Lipinski definition) is 1. The summed E-state index contributed by atoms with van der Waals surface area (Å²) in [7, 11) is 0. The second-order valence-corrected chi connectivity index (χ2v) is 6.00. The predicted molar refractivity (Wildman–Crippen MR) is 72.6 cm³/mol. The van der Waals surface area contributed by atoms with E-state index in [1.54, 1.807) is 6.07 Å². The van der Waals surface area contributed by atoms with E-state index in [1.807, 2.05) is 6.07 Å². The van der Waals surface area contributed by atoms with Gasteiger partial charge in [-0.2, -0.15) is 0 Å². The SMILES string of the molecule is CC(Cc1ccc(F)cc1Br)C(C)NC1CC1. The summed E-state index contributed by atoms with van der Waals surface area (Å²) in [6.07, 6.45) is 3.61. The van der Waals surface area contributed by atoms with Crippen LogP contribution in [0.3, 0.4) is 0 Å². The molecule has 1 aliphatic carbocycles. The van der Waals surface area contributed by atoms with Crippen LogP contribution in [-0.2, 0) is 6.42 Å². The zero-order valence-corrected chi connectivity index (χ0v) is 11.9. The second-order valence-electron chi connectivity index (χ2n) is 5.15. The van der Waals surface area contributed by atoms with Crippen molar-refractivity contribution in [1.82, 2.24) is 5.32 Å². The fraction of sp³-hybridized carbons (Fsp3) is 0.571. The lowest BCUT2D eigenvalue weighted by atomic mass is 9.95. The standard InChI is InChI=1S/C14H19BrFN/c1-9(10(2)17-13-5-6-13)7-11-3-4-12(16)8-14(11)15/h3-4,8-10,13,17H,5-7H2,1-2H3. The molecule has 1 aromatic carbocycles. The molecule has 1 aliphatic rings. The van der Waals surface area contributed by atoms with Crippen LogP contribution in [0.4, 0.5) is 4.39 Å². The highest BCUT2D eigenvalue weighted by Crippen LogP contribution is 2.24. The summed E-state index contributed by atoms with van der Waals surface area (Å²) in [5, 5.41) is 3.62. The molecule has 0 heterocycles. The normalized spacial score (nSPS) is 19.1. The smallest absolute Gasteiger partial charge is 0.124 e. The number of hydrogen-bond acceptors (Lipinski definition) is 1. The van der Waals surface area contributed by atoms with Crippen molar-refractivity contribution in [3.8, 4) is 0 Å². The van der Waals surface area contributed by atoms with Crippen molar-refractivity contribution < 1.29 is 4.39 Å². The Morgan fingerprint density at radius 3 is 2.71 bits per heavy atom. The molecule has 0 spiro atoms. The lowest BCUT2D eigenvalue weighted by Gasteiger charge is -2.21. The fourth-order valence-electron chi connectivity index (χ4n) is 2.00. The van der Waals surface area contributed by atoms with Gasteiger partial charge in [0.2, 0.25) is 0 Å². The van der Waals surface area contributed by atoms with Gasteiger partial charge in [-0.3, -0.25) is 0 Å². The van der Waals surface area contributed by atoms with Gasteiger partial charge in [0.1, 0.15) is 5.82 Å². The van der Waals surface area contributed by atoms with E-state index in [9.17, 15) is 4.39 Å². The van der Waals surface area contributed by atoms with Crippen molar-refractivity contribution in [1.29, 1.82) is 0 Å². The molecule has 1 aromatic rings. The minimum absolute atomic E-state index is 0.183. The van der Waals surface area contributed by atoms with Crippen LogP contribution >= 0.6 is 15.9 Å². The Balaban J connectivity index is 1.93. The molecule has 3 heteroatoms. The molecule has 17 heavy (non-hydrogen) atoms. The zero-order valence-electron chi connectivity index (χ0n) is 10.3. The van der Waals surface area contributed by atoms with Gasteiger partial charge in [0.15, 0.2) is 0 Å². The molecule has 1 fully saturated rings. The average molecular weight is 300 g/mol. The summed E-state index contributed by atoms with van der Waals surface area (Å²) < 4.78 is 13.9. The van der Waals surface area contributed by atoms with Crippen LogP contribution in [0.5, 0.6) is 0 Å². The van der Waals surface area contributed by atoms with Crippen LogP contribution in [-0.4, -0.2) is 12.1 Å². The van der Waals surface area contributed by atoms with Crippen molar-refractivity contribution in [2.45, 2.75) is 45.2 Å². The molecule has 2 unspecified atom stereocenters. The Hall–Kier alpha value is -0.410. The number of nitrogens with one attached hydrogen (secondary N) is 1. The van der Waals surface area contributed by atoms with E-state index in [4.69, 9.17) is 0 Å². The summed E-state index contributed by atoms with van der Waals surface area (Å²) >= 11 is 3.43. The first-order chi connectivity index (χ1) is 8.06. The van der Waals surface area contributed by atoms with Gasteiger partial charge < -0.3 is 5.32 Å². The van der Waals surface area contributed by atoms with Crippen molar-refractivity contribution in [2.75, 3.05) is 0 Å². The van der Waals surface area contributed by atoms with Crippen molar-refractivity contribution in [3.63, 3.8) is 0 Å². The van der Waals surface area contributed by atoms with Crippen LogP contribution in [0.15, 0.2) is 22.7 Å². The Morgan fingerprint density at radius 1 is 1.41 bits per heavy atom. The number of benzene rings is 1. The molecular weight excluding hydrogens is 281 g/mol. The average Bonchev–Trinajstić information content (AvgIpc) is 3.06. The summed E-state index contributed by atoms with van der Waals surface area (Å²) in [4.78, 5) is 0. The van der Waals surface area contributed by atoms with Crippen LogP contribution in [0.2, 0.25) is 0 Å². The number of halogens is 2. The Morgan fingerprint density at radius 2 is 2.12 bits per heavy atom. The highest BCUT2D eigenvalue weighted by atomic mass is 79.9. The first-order valence-corrected chi connectivity index (χ1v) is 7.05. The van der Waals surface area contributed by atoms with Gasteiger partial charge in [-0.15, -0.1) is 0 Å².